The van der Waals surface area contributed by atoms with Gasteiger partial charge in [-0.05, 0) is 36.2 Å². The van der Waals surface area contributed by atoms with Gasteiger partial charge in [0.2, 0.25) is 11.6 Å². The van der Waals surface area contributed by atoms with Gasteiger partial charge in [0, 0.05) is 6.54 Å². The summed E-state index contributed by atoms with van der Waals surface area (Å²) in [4.78, 5) is 10.8. The summed E-state index contributed by atoms with van der Waals surface area (Å²) in [6.45, 7) is 0.279. The van der Waals surface area contributed by atoms with Crippen molar-refractivity contribution in [3.05, 3.63) is 71.4 Å². The van der Waals surface area contributed by atoms with E-state index in [4.69, 9.17) is 15.2 Å². The molecule has 4 rings (SSSR count). The van der Waals surface area contributed by atoms with Crippen molar-refractivity contribution in [2.24, 2.45) is 0 Å². The maximum atomic E-state index is 14.2. The number of nitrogens with zero attached hydrogens (tertiary/aromatic N) is 3. The van der Waals surface area contributed by atoms with E-state index in [0.717, 1.165) is 24.0 Å². The first-order valence-electron chi connectivity index (χ1n) is 9.77. The van der Waals surface area contributed by atoms with Crippen molar-refractivity contribution in [2.45, 2.75) is 6.42 Å². The van der Waals surface area contributed by atoms with E-state index in [1.165, 1.54) is 13.2 Å². The highest BCUT2D eigenvalue weighted by Crippen LogP contribution is 2.35. The van der Waals surface area contributed by atoms with E-state index >= 15 is 0 Å². The fourth-order valence-electron chi connectivity index (χ4n) is 3.19. The third-order valence-corrected chi connectivity index (χ3v) is 4.87. The Labute approximate surface area is 189 Å². The highest BCUT2D eigenvalue weighted by Gasteiger charge is 2.21. The SMILES string of the molecule is COc1cc(CCNc2ncnc3c(F)ccc(F)c23)ccc1Oc1nc(F)c(F)c(N)c1F. The maximum Gasteiger partial charge on any atom is 0.261 e. The highest BCUT2D eigenvalue weighted by molar-refractivity contribution is 5.89. The standard InChI is InChI=1S/C22H16F5N5O2/c1-33-14-8-10(2-5-13(14)34-22-17(26)18(28)16(25)20(27)32-22)6-7-29-21-15-11(23)3-4-12(24)19(15)30-9-31-21/h2-5,8-9H,6-7H2,1H3,(H2,28,32)(H,29,30,31). The molecule has 0 fully saturated rings. The van der Waals surface area contributed by atoms with Crippen LogP contribution in [-0.4, -0.2) is 28.6 Å². The molecule has 0 saturated carbocycles. The minimum absolute atomic E-state index is 0.0182. The van der Waals surface area contributed by atoms with Gasteiger partial charge in [-0.2, -0.15) is 18.2 Å². The van der Waals surface area contributed by atoms with Gasteiger partial charge in [0.05, 0.1) is 12.5 Å². The lowest BCUT2D eigenvalue weighted by Crippen LogP contribution is -2.08. The van der Waals surface area contributed by atoms with Crippen LogP contribution in [-0.2, 0) is 6.42 Å². The van der Waals surface area contributed by atoms with Crippen LogP contribution in [0.1, 0.15) is 5.56 Å². The quantitative estimate of drug-likeness (QED) is 0.293. The lowest BCUT2D eigenvalue weighted by molar-refractivity contribution is 0.354. The molecule has 0 spiro atoms. The van der Waals surface area contributed by atoms with Crippen molar-refractivity contribution in [1.82, 2.24) is 15.0 Å². The molecule has 0 amide bonds. The Balaban J connectivity index is 1.50. The molecule has 12 heteroatoms. The van der Waals surface area contributed by atoms with Crippen molar-refractivity contribution in [1.29, 1.82) is 0 Å². The largest absolute Gasteiger partial charge is 0.493 e. The van der Waals surface area contributed by atoms with E-state index in [2.05, 4.69) is 20.3 Å². The third kappa shape index (κ3) is 4.34. The van der Waals surface area contributed by atoms with Gasteiger partial charge >= 0.3 is 0 Å². The summed E-state index contributed by atoms with van der Waals surface area (Å²) in [5, 5.41) is 2.88. The molecular weight excluding hydrogens is 461 g/mol. The molecule has 2 heterocycles. The van der Waals surface area contributed by atoms with Gasteiger partial charge in [-0.3, -0.25) is 0 Å². The lowest BCUT2D eigenvalue weighted by Gasteiger charge is -2.13. The molecule has 0 unspecified atom stereocenters. The second-order valence-corrected chi connectivity index (χ2v) is 6.99. The van der Waals surface area contributed by atoms with Crippen LogP contribution < -0.4 is 20.5 Å². The smallest absolute Gasteiger partial charge is 0.261 e. The second-order valence-electron chi connectivity index (χ2n) is 6.99. The van der Waals surface area contributed by atoms with E-state index in [1.54, 1.807) is 12.1 Å². The van der Waals surface area contributed by atoms with Crippen LogP contribution in [0.4, 0.5) is 33.5 Å². The number of hydrogen-bond acceptors (Lipinski definition) is 7. The zero-order valence-corrected chi connectivity index (χ0v) is 17.5. The molecule has 0 aliphatic carbocycles. The molecule has 7 nitrogen and oxygen atoms in total. The zero-order chi connectivity index (χ0) is 24.4. The molecular formula is C22H16F5N5O2. The predicted molar refractivity (Wildman–Crippen MR) is 113 cm³/mol. The molecule has 4 aromatic rings. The number of hydrogen-bond donors (Lipinski definition) is 2. The number of aromatic nitrogens is 3. The summed E-state index contributed by atoms with van der Waals surface area (Å²) < 4.78 is 79.5. The Kier molecular flexibility index (Phi) is 6.30. The van der Waals surface area contributed by atoms with E-state index in [9.17, 15) is 22.0 Å². The number of halogens is 5. The minimum Gasteiger partial charge on any atom is -0.493 e. The Morgan fingerprint density at radius 2 is 1.71 bits per heavy atom. The summed E-state index contributed by atoms with van der Waals surface area (Å²) in [6, 6.07) is 6.58. The monoisotopic (exact) mass is 477 g/mol. The fourth-order valence-corrected chi connectivity index (χ4v) is 3.19. The predicted octanol–water partition coefficient (Wildman–Crippen LogP) is 4.76. The molecule has 0 aliphatic rings. The van der Waals surface area contributed by atoms with Gasteiger partial charge in [-0.25, -0.2) is 18.7 Å². The van der Waals surface area contributed by atoms with Gasteiger partial charge in [-0.15, -0.1) is 0 Å². The topological polar surface area (TPSA) is 95.2 Å². The molecule has 0 aliphatic heterocycles. The van der Waals surface area contributed by atoms with Crippen LogP contribution in [0.15, 0.2) is 36.7 Å². The summed E-state index contributed by atoms with van der Waals surface area (Å²) in [7, 11) is 1.33. The number of ether oxygens (including phenoxy) is 2. The van der Waals surface area contributed by atoms with Crippen LogP contribution in [0.3, 0.4) is 0 Å². The van der Waals surface area contributed by atoms with Crippen molar-refractivity contribution >= 4 is 22.4 Å². The summed E-state index contributed by atoms with van der Waals surface area (Å²) in [6.07, 6.45) is 1.52. The highest BCUT2D eigenvalue weighted by atomic mass is 19.2. The molecule has 176 valence electrons. The van der Waals surface area contributed by atoms with Crippen LogP contribution in [0, 0.1) is 29.2 Å². The number of nitrogens with two attached hydrogens (primary N) is 1. The minimum atomic E-state index is -1.61. The Hall–Kier alpha value is -4.22. The van der Waals surface area contributed by atoms with Crippen LogP contribution >= 0.6 is 0 Å². The van der Waals surface area contributed by atoms with Crippen LogP contribution in [0.5, 0.6) is 17.4 Å². The summed E-state index contributed by atoms with van der Waals surface area (Å²) in [5.74, 6) is -6.49. The number of fused-ring (bicyclic) bond motifs is 1. The molecule has 2 aromatic heterocycles. The van der Waals surface area contributed by atoms with E-state index in [0.29, 0.717) is 6.42 Å². The van der Waals surface area contributed by atoms with E-state index in [1.807, 2.05) is 0 Å². The Morgan fingerprint density at radius 1 is 0.941 bits per heavy atom. The first-order chi connectivity index (χ1) is 16.3. The number of nitrogen functional groups attached to an aromatic ring is 1. The fraction of sp³-hybridized carbons (Fsp3) is 0.136. The van der Waals surface area contributed by atoms with E-state index in [-0.39, 0.29) is 34.8 Å². The van der Waals surface area contributed by atoms with Crippen molar-refractivity contribution < 1.29 is 31.4 Å². The number of nitrogens with one attached hydrogen (secondary N) is 1. The molecule has 0 saturated heterocycles. The van der Waals surface area contributed by atoms with Crippen molar-refractivity contribution in [3.8, 4) is 17.4 Å². The molecule has 3 N–H and O–H groups in total. The van der Waals surface area contributed by atoms with Gasteiger partial charge in [0.15, 0.2) is 11.5 Å². The number of benzene rings is 2. The summed E-state index contributed by atoms with van der Waals surface area (Å²) >= 11 is 0. The number of methoxy groups -OCH3 is 1. The molecule has 34 heavy (non-hydrogen) atoms. The third-order valence-electron chi connectivity index (χ3n) is 4.87. The molecule has 0 bridgehead atoms. The second kappa shape index (κ2) is 9.33. The van der Waals surface area contributed by atoms with E-state index < -0.39 is 40.8 Å². The Morgan fingerprint density at radius 3 is 2.47 bits per heavy atom. The molecule has 2 aromatic carbocycles. The van der Waals surface area contributed by atoms with Crippen LogP contribution in [0.2, 0.25) is 0 Å². The average molecular weight is 477 g/mol. The Bertz CT molecular complexity index is 1390. The van der Waals surface area contributed by atoms with Gasteiger partial charge < -0.3 is 20.5 Å². The number of anilines is 2. The molecule has 0 radical (unpaired) electrons. The number of pyridine rings is 1. The van der Waals surface area contributed by atoms with Crippen molar-refractivity contribution in [3.63, 3.8) is 0 Å². The number of rotatable bonds is 7. The maximum absolute atomic E-state index is 14.2. The normalized spacial score (nSPS) is 11.0. The zero-order valence-electron chi connectivity index (χ0n) is 17.5. The van der Waals surface area contributed by atoms with Gasteiger partial charge in [-0.1, -0.05) is 6.07 Å². The average Bonchev–Trinajstić information content (AvgIpc) is 2.84. The van der Waals surface area contributed by atoms with Crippen molar-refractivity contribution in [2.75, 3.05) is 24.7 Å². The van der Waals surface area contributed by atoms with Gasteiger partial charge in [0.1, 0.15) is 35.0 Å². The summed E-state index contributed by atoms with van der Waals surface area (Å²) in [5.41, 5.74) is 4.71. The molecule has 0 atom stereocenters. The first kappa shape index (κ1) is 23.0. The van der Waals surface area contributed by atoms with Crippen LogP contribution in [0.25, 0.3) is 10.9 Å². The first-order valence-corrected chi connectivity index (χ1v) is 9.77. The lowest BCUT2D eigenvalue weighted by atomic mass is 10.1. The van der Waals surface area contributed by atoms with Gasteiger partial charge in [0.25, 0.3) is 11.8 Å².